The number of aliphatic imine (C=N–C) groups is 1. The fourth-order valence-corrected chi connectivity index (χ4v) is 3.85. The normalized spacial score (nSPS) is 12.9. The topological polar surface area (TPSA) is 105 Å². The second-order valence-corrected chi connectivity index (χ2v) is 11.4. The lowest BCUT2D eigenvalue weighted by molar-refractivity contribution is 0.490. The molecule has 0 aliphatic rings. The van der Waals surface area contributed by atoms with Gasteiger partial charge in [-0.3, -0.25) is 4.55 Å². The molecule has 0 aromatic heterocycles. The van der Waals surface area contributed by atoms with E-state index in [0.717, 1.165) is 30.6 Å². The van der Waals surface area contributed by atoms with Crippen LogP contribution in [0.25, 0.3) is 0 Å². The molecule has 6 nitrogen and oxygen atoms in total. The summed E-state index contributed by atoms with van der Waals surface area (Å²) in [5.41, 5.74) is 12.1. The van der Waals surface area contributed by atoms with Crippen molar-refractivity contribution in [3.63, 3.8) is 0 Å². The van der Waals surface area contributed by atoms with E-state index in [9.17, 15) is 8.42 Å². The minimum absolute atomic E-state index is 0.126. The van der Waals surface area contributed by atoms with E-state index in [4.69, 9.17) is 10.3 Å². The van der Waals surface area contributed by atoms with Crippen molar-refractivity contribution in [3.8, 4) is 0 Å². The fourth-order valence-electron chi connectivity index (χ4n) is 3.85. The van der Waals surface area contributed by atoms with Crippen molar-refractivity contribution in [2.45, 2.75) is 58.3 Å². The summed E-state index contributed by atoms with van der Waals surface area (Å²) >= 11 is 0. The van der Waals surface area contributed by atoms with Crippen LogP contribution < -0.4 is 11.1 Å². The van der Waals surface area contributed by atoms with E-state index in [1.165, 1.54) is 16.7 Å². The Morgan fingerprint density at radius 3 is 2.17 bits per heavy atom. The summed E-state index contributed by atoms with van der Waals surface area (Å²) in [7, 11) is -3.67. The first-order chi connectivity index (χ1) is 16.8. The van der Waals surface area contributed by atoms with Crippen LogP contribution >= 0.6 is 0 Å². The van der Waals surface area contributed by atoms with Crippen molar-refractivity contribution in [2.24, 2.45) is 10.7 Å². The molecule has 1 atom stereocenters. The molecule has 194 valence electrons. The van der Waals surface area contributed by atoms with Crippen molar-refractivity contribution in [1.29, 1.82) is 0 Å². The van der Waals surface area contributed by atoms with Gasteiger partial charge in [0.2, 0.25) is 0 Å². The summed E-state index contributed by atoms with van der Waals surface area (Å²) in [4.78, 5) is 4.54. The SMILES string of the molecule is CCCC(Cc1ccccc1)c1cccc(NC(N)=Nc2ccc(C(C)(C)C)cc2)c1.CS(=O)(=O)O. The van der Waals surface area contributed by atoms with Crippen LogP contribution in [0.5, 0.6) is 0 Å². The van der Waals surface area contributed by atoms with Gasteiger partial charge in [-0.05, 0) is 65.1 Å². The second-order valence-electron chi connectivity index (χ2n) is 9.95. The van der Waals surface area contributed by atoms with Crippen molar-refractivity contribution in [3.05, 3.63) is 95.6 Å². The standard InChI is InChI=1S/C28H35N3.CH4O3S/c1-5-10-22(19-21-11-7-6-8-12-21)23-13-9-14-26(20-23)31-27(29)30-25-17-15-24(16-18-25)28(2,3)4;1-5(2,3)4/h6-9,11-18,20,22H,5,10,19H2,1-4H3,(H3,29,30,31);1H3,(H,2,3,4). The molecule has 0 amide bonds. The minimum atomic E-state index is -3.67. The van der Waals surface area contributed by atoms with Crippen LogP contribution in [0.1, 0.15) is 63.1 Å². The van der Waals surface area contributed by atoms with Crippen LogP contribution in [0.15, 0.2) is 83.9 Å². The van der Waals surface area contributed by atoms with Crippen molar-refractivity contribution in [1.82, 2.24) is 0 Å². The number of rotatable bonds is 7. The Labute approximate surface area is 216 Å². The predicted molar refractivity (Wildman–Crippen MR) is 152 cm³/mol. The third-order valence-corrected chi connectivity index (χ3v) is 5.58. The number of benzene rings is 3. The Kier molecular flexibility index (Phi) is 10.7. The lowest BCUT2D eigenvalue weighted by Crippen LogP contribution is -2.22. The highest BCUT2D eigenvalue weighted by atomic mass is 32.2. The summed E-state index contributed by atoms with van der Waals surface area (Å²) in [5, 5.41) is 3.26. The largest absolute Gasteiger partial charge is 0.369 e. The van der Waals surface area contributed by atoms with E-state index in [1.807, 2.05) is 18.2 Å². The average molecular weight is 510 g/mol. The Balaban J connectivity index is 0.000000830. The molecule has 0 saturated carbocycles. The maximum atomic E-state index is 9.19. The van der Waals surface area contributed by atoms with Gasteiger partial charge in [0.1, 0.15) is 0 Å². The molecule has 0 heterocycles. The third kappa shape index (κ3) is 11.1. The lowest BCUT2D eigenvalue weighted by Gasteiger charge is -2.19. The van der Waals surface area contributed by atoms with Crippen LogP contribution in [0, 0.1) is 0 Å². The van der Waals surface area contributed by atoms with Crippen LogP contribution in [0.2, 0.25) is 0 Å². The number of guanidine groups is 1. The predicted octanol–water partition coefficient (Wildman–Crippen LogP) is 6.67. The van der Waals surface area contributed by atoms with Gasteiger partial charge in [0.15, 0.2) is 5.96 Å². The summed E-state index contributed by atoms with van der Waals surface area (Å²) in [6, 6.07) is 27.5. The third-order valence-electron chi connectivity index (χ3n) is 5.58. The molecule has 0 saturated heterocycles. The Bertz CT molecular complexity index is 1210. The summed E-state index contributed by atoms with van der Waals surface area (Å²) in [6.45, 7) is 8.86. The smallest absolute Gasteiger partial charge is 0.261 e. The molecule has 1 unspecified atom stereocenters. The van der Waals surface area contributed by atoms with E-state index in [0.29, 0.717) is 18.1 Å². The van der Waals surface area contributed by atoms with E-state index in [1.54, 1.807) is 0 Å². The number of nitrogens with zero attached hydrogens (tertiary/aromatic N) is 1. The van der Waals surface area contributed by atoms with Gasteiger partial charge in [-0.15, -0.1) is 0 Å². The van der Waals surface area contributed by atoms with E-state index in [-0.39, 0.29) is 5.41 Å². The molecular formula is C29H39N3O3S. The molecule has 36 heavy (non-hydrogen) atoms. The molecule has 3 rings (SSSR count). The number of hydrogen-bond donors (Lipinski definition) is 3. The first kappa shape index (κ1) is 29.1. The molecule has 3 aromatic carbocycles. The number of hydrogen-bond acceptors (Lipinski definition) is 3. The molecule has 0 bridgehead atoms. The number of nitrogens with one attached hydrogen (secondary N) is 1. The molecule has 0 aliphatic carbocycles. The highest BCUT2D eigenvalue weighted by Gasteiger charge is 2.14. The van der Waals surface area contributed by atoms with Gasteiger partial charge in [-0.2, -0.15) is 8.42 Å². The van der Waals surface area contributed by atoms with Crippen molar-refractivity contribution < 1.29 is 13.0 Å². The Morgan fingerprint density at radius 2 is 1.61 bits per heavy atom. The minimum Gasteiger partial charge on any atom is -0.369 e. The lowest BCUT2D eigenvalue weighted by atomic mass is 9.87. The molecule has 0 fully saturated rings. The second kappa shape index (κ2) is 13.2. The van der Waals surface area contributed by atoms with Gasteiger partial charge in [0.25, 0.3) is 10.1 Å². The summed E-state index contributed by atoms with van der Waals surface area (Å²) < 4.78 is 25.9. The highest BCUT2D eigenvalue weighted by Crippen LogP contribution is 2.28. The molecule has 0 spiro atoms. The van der Waals surface area contributed by atoms with Crippen LogP contribution in [-0.2, 0) is 22.0 Å². The van der Waals surface area contributed by atoms with Crippen LogP contribution in [0.3, 0.4) is 0 Å². The van der Waals surface area contributed by atoms with Gasteiger partial charge < -0.3 is 11.1 Å². The fraction of sp³-hybridized carbons (Fsp3) is 0.345. The van der Waals surface area contributed by atoms with Crippen molar-refractivity contribution >= 4 is 27.5 Å². The molecule has 7 heteroatoms. The maximum absolute atomic E-state index is 9.19. The van der Waals surface area contributed by atoms with Crippen LogP contribution in [0.4, 0.5) is 11.4 Å². The highest BCUT2D eigenvalue weighted by molar-refractivity contribution is 7.85. The monoisotopic (exact) mass is 509 g/mol. The van der Waals surface area contributed by atoms with Gasteiger partial charge in [0, 0.05) is 5.69 Å². The van der Waals surface area contributed by atoms with Gasteiger partial charge >= 0.3 is 0 Å². The van der Waals surface area contributed by atoms with E-state index in [2.05, 4.69) is 98.7 Å². The Hall–Kier alpha value is -3.16. The first-order valence-corrected chi connectivity index (χ1v) is 14.0. The van der Waals surface area contributed by atoms with Crippen molar-refractivity contribution in [2.75, 3.05) is 11.6 Å². The maximum Gasteiger partial charge on any atom is 0.261 e. The van der Waals surface area contributed by atoms with Gasteiger partial charge in [0.05, 0.1) is 11.9 Å². The zero-order valence-corrected chi connectivity index (χ0v) is 22.7. The molecule has 4 N–H and O–H groups in total. The molecule has 3 aromatic rings. The molecule has 0 radical (unpaired) electrons. The number of nitrogens with two attached hydrogens (primary N) is 1. The summed E-state index contributed by atoms with van der Waals surface area (Å²) in [5.74, 6) is 0.882. The van der Waals surface area contributed by atoms with E-state index >= 15 is 0 Å². The molecular weight excluding hydrogens is 470 g/mol. The van der Waals surface area contributed by atoms with Gasteiger partial charge in [-0.1, -0.05) is 88.7 Å². The quantitative estimate of drug-likeness (QED) is 0.187. The average Bonchev–Trinajstić information content (AvgIpc) is 2.78. The molecule has 0 aliphatic heterocycles. The van der Waals surface area contributed by atoms with Crippen LogP contribution in [-0.4, -0.2) is 25.2 Å². The zero-order valence-electron chi connectivity index (χ0n) is 21.9. The Morgan fingerprint density at radius 1 is 1.00 bits per heavy atom. The summed E-state index contributed by atoms with van der Waals surface area (Å²) in [6.07, 6.45) is 4.07. The number of anilines is 1. The van der Waals surface area contributed by atoms with Gasteiger partial charge in [-0.25, -0.2) is 4.99 Å². The van der Waals surface area contributed by atoms with E-state index < -0.39 is 10.1 Å². The zero-order chi connectivity index (χ0) is 26.8. The first-order valence-electron chi connectivity index (χ1n) is 12.1.